The summed E-state index contributed by atoms with van der Waals surface area (Å²) < 4.78 is 23.1. The van der Waals surface area contributed by atoms with Crippen LogP contribution in [0.2, 0.25) is 0 Å². The number of methoxy groups -OCH3 is 3. The van der Waals surface area contributed by atoms with E-state index in [-0.39, 0.29) is 41.0 Å². The van der Waals surface area contributed by atoms with Crippen LogP contribution in [-0.4, -0.2) is 62.1 Å². The van der Waals surface area contributed by atoms with Crippen molar-refractivity contribution in [3.63, 3.8) is 0 Å². The number of amides is 1. The zero-order valence-corrected chi connectivity index (χ0v) is 24.3. The fraction of sp³-hybridized carbons (Fsp3) is 0.200. The molecule has 0 aliphatic carbocycles. The van der Waals surface area contributed by atoms with E-state index in [4.69, 9.17) is 18.9 Å². The number of hydrogen-bond acceptors (Lipinski definition) is 8. The third-order valence-corrected chi connectivity index (χ3v) is 6.67. The third kappa shape index (κ3) is 6.75. The number of benzene rings is 3. The van der Waals surface area contributed by atoms with Gasteiger partial charge in [0, 0.05) is 12.1 Å². The van der Waals surface area contributed by atoms with Gasteiger partial charge in [-0.15, -0.1) is 0 Å². The van der Waals surface area contributed by atoms with Gasteiger partial charge in [-0.25, -0.2) is 14.3 Å². The van der Waals surface area contributed by atoms with Crippen LogP contribution in [0.1, 0.15) is 26.4 Å². The number of carbonyl (C=O) groups excluding carboxylic acids is 3. The molecule has 0 atom stereocenters. The highest BCUT2D eigenvalue weighted by molar-refractivity contribution is 9.10. The quantitative estimate of drug-likeness (QED) is 0.241. The minimum Gasteiger partial charge on any atom is -0.493 e. The molecule has 1 heterocycles. The van der Waals surface area contributed by atoms with Crippen molar-refractivity contribution >= 4 is 33.8 Å². The van der Waals surface area contributed by atoms with Crippen LogP contribution in [0.5, 0.6) is 11.5 Å². The highest BCUT2D eigenvalue weighted by Gasteiger charge is 2.32. The van der Waals surface area contributed by atoms with E-state index in [1.54, 1.807) is 36.4 Å². The summed E-state index contributed by atoms with van der Waals surface area (Å²) in [4.78, 5) is 38.2. The van der Waals surface area contributed by atoms with E-state index in [1.165, 1.54) is 26.0 Å². The van der Waals surface area contributed by atoms with Gasteiger partial charge >= 0.3 is 11.9 Å². The molecule has 0 radical (unpaired) electrons. The number of nitrogens with zero attached hydrogens (tertiary/aromatic N) is 2. The standard InChI is InChI=1S/C30H28BrN3O7/c1-38-23-17-20(16-22(31)28(23)41-18-24(35)32-15-14-19-10-6-4-7-11-19)26-25(29(36)39-2)27(30(37)40-3)34(33-26)21-12-8-5-9-13-21/h4-13,16-17H,14-15,18H2,1-3H3,(H,32,35). The van der Waals surface area contributed by atoms with Crippen LogP contribution in [0, 0.1) is 0 Å². The SMILES string of the molecule is COC(=O)c1c(-c2cc(Br)c(OCC(=O)NCCc3ccccc3)c(OC)c2)nn(-c2ccccc2)c1C(=O)OC. The molecule has 3 aromatic carbocycles. The van der Waals surface area contributed by atoms with Crippen molar-refractivity contribution in [3.8, 4) is 28.4 Å². The number of hydrogen-bond donors (Lipinski definition) is 1. The molecule has 11 heteroatoms. The number of ether oxygens (including phenoxy) is 4. The van der Waals surface area contributed by atoms with E-state index in [2.05, 4.69) is 26.3 Å². The molecule has 0 aliphatic heterocycles. The maximum absolute atomic E-state index is 13.0. The number of rotatable bonds is 11. The number of carbonyl (C=O) groups is 3. The van der Waals surface area contributed by atoms with Gasteiger partial charge in [0.1, 0.15) is 11.3 Å². The van der Waals surface area contributed by atoms with E-state index < -0.39 is 11.9 Å². The van der Waals surface area contributed by atoms with Gasteiger partial charge in [-0.3, -0.25) is 4.79 Å². The molecule has 10 nitrogen and oxygen atoms in total. The number of aromatic nitrogens is 2. The largest absolute Gasteiger partial charge is 0.493 e. The molecule has 212 valence electrons. The zero-order valence-electron chi connectivity index (χ0n) is 22.7. The van der Waals surface area contributed by atoms with Gasteiger partial charge in [-0.2, -0.15) is 5.10 Å². The van der Waals surface area contributed by atoms with Crippen molar-refractivity contribution in [2.45, 2.75) is 6.42 Å². The number of esters is 2. The van der Waals surface area contributed by atoms with Gasteiger partial charge < -0.3 is 24.3 Å². The van der Waals surface area contributed by atoms with Crippen molar-refractivity contribution < 1.29 is 33.3 Å². The average molecular weight is 622 g/mol. The maximum atomic E-state index is 13.0. The first-order chi connectivity index (χ1) is 19.9. The van der Waals surface area contributed by atoms with E-state index in [1.807, 2.05) is 36.4 Å². The second kappa shape index (κ2) is 13.6. The summed E-state index contributed by atoms with van der Waals surface area (Å²) in [7, 11) is 3.88. The number of halogens is 1. The van der Waals surface area contributed by atoms with Crippen LogP contribution in [-0.2, 0) is 20.7 Å². The Morgan fingerprint density at radius 2 is 1.56 bits per heavy atom. The lowest BCUT2D eigenvalue weighted by atomic mass is 10.0. The summed E-state index contributed by atoms with van der Waals surface area (Å²) in [6, 6.07) is 21.9. The second-order valence-corrected chi connectivity index (χ2v) is 9.52. The van der Waals surface area contributed by atoms with Gasteiger partial charge in [-0.1, -0.05) is 48.5 Å². The minimum absolute atomic E-state index is 0.0800. The Balaban J connectivity index is 1.64. The molecule has 4 rings (SSSR count). The molecule has 0 saturated heterocycles. The third-order valence-electron chi connectivity index (χ3n) is 6.08. The summed E-state index contributed by atoms with van der Waals surface area (Å²) in [6.07, 6.45) is 0.694. The Bertz CT molecular complexity index is 1540. The zero-order chi connectivity index (χ0) is 29.4. The van der Waals surface area contributed by atoms with Crippen LogP contribution in [0.25, 0.3) is 16.9 Å². The van der Waals surface area contributed by atoms with Gasteiger partial charge in [0.25, 0.3) is 5.91 Å². The summed E-state index contributed by atoms with van der Waals surface area (Å²) >= 11 is 3.48. The molecule has 0 aliphatic rings. The smallest absolute Gasteiger partial charge is 0.357 e. The minimum atomic E-state index is -0.773. The van der Waals surface area contributed by atoms with E-state index in [0.29, 0.717) is 28.7 Å². The number of nitrogens with one attached hydrogen (secondary N) is 1. The Morgan fingerprint density at radius 1 is 0.902 bits per heavy atom. The van der Waals surface area contributed by atoms with E-state index in [0.717, 1.165) is 5.56 Å². The molecule has 4 aromatic rings. The van der Waals surface area contributed by atoms with Gasteiger partial charge in [0.05, 0.1) is 31.5 Å². The molecular weight excluding hydrogens is 594 g/mol. The predicted octanol–water partition coefficient (Wildman–Crippen LogP) is 4.62. The first-order valence-corrected chi connectivity index (χ1v) is 13.3. The van der Waals surface area contributed by atoms with E-state index >= 15 is 0 Å². The first-order valence-electron chi connectivity index (χ1n) is 12.5. The van der Waals surface area contributed by atoms with Gasteiger partial charge in [0.15, 0.2) is 23.8 Å². The maximum Gasteiger partial charge on any atom is 0.357 e. The molecule has 0 bridgehead atoms. The summed E-state index contributed by atoms with van der Waals surface area (Å²) in [5.41, 5.74) is 2.06. The Labute approximate surface area is 245 Å². The lowest BCUT2D eigenvalue weighted by molar-refractivity contribution is -0.123. The molecule has 1 aromatic heterocycles. The summed E-state index contributed by atoms with van der Waals surface area (Å²) in [5, 5.41) is 7.44. The second-order valence-electron chi connectivity index (χ2n) is 8.67. The van der Waals surface area contributed by atoms with E-state index in [9.17, 15) is 14.4 Å². The molecule has 0 saturated carbocycles. The molecule has 0 unspecified atom stereocenters. The normalized spacial score (nSPS) is 10.5. The fourth-order valence-corrected chi connectivity index (χ4v) is 4.69. The van der Waals surface area contributed by atoms with Crippen LogP contribution in [0.15, 0.2) is 77.3 Å². The summed E-state index contributed by atoms with van der Waals surface area (Å²) in [5.74, 6) is -1.28. The van der Waals surface area contributed by atoms with Gasteiger partial charge in [-0.05, 0) is 52.2 Å². The van der Waals surface area contributed by atoms with Crippen molar-refractivity contribution in [2.75, 3.05) is 34.5 Å². The Kier molecular flexibility index (Phi) is 9.75. The van der Waals surface area contributed by atoms with Crippen LogP contribution >= 0.6 is 15.9 Å². The summed E-state index contributed by atoms with van der Waals surface area (Å²) in [6.45, 7) is 0.220. The Hall–Kier alpha value is -4.64. The molecule has 0 spiro atoms. The molecule has 1 amide bonds. The van der Waals surface area contributed by atoms with Crippen molar-refractivity contribution in [1.29, 1.82) is 0 Å². The fourth-order valence-electron chi connectivity index (χ4n) is 4.13. The molecular formula is C30H28BrN3O7. The Morgan fingerprint density at radius 3 is 2.20 bits per heavy atom. The molecule has 0 fully saturated rings. The van der Waals surface area contributed by atoms with Gasteiger partial charge in [0.2, 0.25) is 0 Å². The van der Waals surface area contributed by atoms with Crippen LogP contribution < -0.4 is 14.8 Å². The average Bonchev–Trinajstić information content (AvgIpc) is 3.41. The highest BCUT2D eigenvalue weighted by atomic mass is 79.9. The predicted molar refractivity (Wildman–Crippen MR) is 155 cm³/mol. The monoisotopic (exact) mass is 621 g/mol. The first kappa shape index (κ1) is 29.3. The molecule has 41 heavy (non-hydrogen) atoms. The molecule has 1 N–H and O–H groups in total. The lowest BCUT2D eigenvalue weighted by Crippen LogP contribution is -2.30. The van der Waals surface area contributed by atoms with Crippen LogP contribution in [0.3, 0.4) is 0 Å². The van der Waals surface area contributed by atoms with Crippen molar-refractivity contribution in [1.82, 2.24) is 15.1 Å². The van der Waals surface area contributed by atoms with Crippen LogP contribution in [0.4, 0.5) is 0 Å². The highest BCUT2D eigenvalue weighted by Crippen LogP contribution is 2.41. The topological polar surface area (TPSA) is 118 Å². The van der Waals surface area contributed by atoms with Crippen molar-refractivity contribution in [3.05, 3.63) is 94.1 Å². The van der Waals surface area contributed by atoms with Crippen molar-refractivity contribution in [2.24, 2.45) is 0 Å². The number of para-hydroxylation sites is 1. The lowest BCUT2D eigenvalue weighted by Gasteiger charge is -2.14.